The van der Waals surface area contributed by atoms with Crippen LogP contribution in [0.25, 0.3) is 0 Å². The molecule has 1 aliphatic heterocycles. The Kier molecular flexibility index (Phi) is 5.75. The number of rotatable bonds is 8. The number of nitrogens with one attached hydrogen (secondary N) is 1. The minimum atomic E-state index is 0.751. The van der Waals surface area contributed by atoms with Crippen molar-refractivity contribution in [2.45, 2.75) is 45.1 Å². The maximum Gasteiger partial charge on any atom is 0.0494 e. The standard InChI is InChI=1S/C14H28N2O/c1-2-16-9-6-14(7-10-16)15-8-3-11-17-12-13-4-5-13/h13-15H,2-12H2,1H3. The van der Waals surface area contributed by atoms with Gasteiger partial charge in [-0.2, -0.15) is 0 Å². The topological polar surface area (TPSA) is 24.5 Å². The van der Waals surface area contributed by atoms with Crippen LogP contribution in [0.3, 0.4) is 0 Å². The highest BCUT2D eigenvalue weighted by Crippen LogP contribution is 2.28. The SMILES string of the molecule is CCN1CCC(NCCCOCC2CC2)CC1. The van der Waals surface area contributed by atoms with Crippen LogP contribution in [0.15, 0.2) is 0 Å². The van der Waals surface area contributed by atoms with Gasteiger partial charge in [-0.15, -0.1) is 0 Å². The van der Waals surface area contributed by atoms with E-state index in [1.165, 1.54) is 51.7 Å². The highest BCUT2D eigenvalue weighted by atomic mass is 16.5. The molecule has 1 saturated heterocycles. The Morgan fingerprint density at radius 1 is 1.18 bits per heavy atom. The van der Waals surface area contributed by atoms with Gasteiger partial charge in [0.1, 0.15) is 0 Å². The van der Waals surface area contributed by atoms with Crippen molar-refractivity contribution in [3.63, 3.8) is 0 Å². The van der Waals surface area contributed by atoms with Crippen molar-refractivity contribution in [2.24, 2.45) is 5.92 Å². The first kappa shape index (κ1) is 13.3. The number of hydrogen-bond acceptors (Lipinski definition) is 3. The molecule has 17 heavy (non-hydrogen) atoms. The first-order chi connectivity index (χ1) is 8.38. The van der Waals surface area contributed by atoms with E-state index in [1.54, 1.807) is 0 Å². The molecule has 3 nitrogen and oxygen atoms in total. The van der Waals surface area contributed by atoms with Crippen LogP contribution in [-0.2, 0) is 4.74 Å². The van der Waals surface area contributed by atoms with Crippen LogP contribution in [-0.4, -0.2) is 50.3 Å². The van der Waals surface area contributed by atoms with Gasteiger partial charge in [0.15, 0.2) is 0 Å². The summed E-state index contributed by atoms with van der Waals surface area (Å²) >= 11 is 0. The molecule has 0 aromatic carbocycles. The lowest BCUT2D eigenvalue weighted by Crippen LogP contribution is -2.42. The van der Waals surface area contributed by atoms with Crippen molar-refractivity contribution >= 4 is 0 Å². The lowest BCUT2D eigenvalue weighted by Gasteiger charge is -2.31. The molecule has 3 heteroatoms. The lowest BCUT2D eigenvalue weighted by molar-refractivity contribution is 0.120. The van der Waals surface area contributed by atoms with Gasteiger partial charge in [0.2, 0.25) is 0 Å². The summed E-state index contributed by atoms with van der Waals surface area (Å²) in [6, 6.07) is 0.751. The van der Waals surface area contributed by atoms with Crippen molar-refractivity contribution < 1.29 is 4.74 Å². The summed E-state index contributed by atoms with van der Waals surface area (Å²) in [4.78, 5) is 2.54. The molecule has 0 amide bonds. The Morgan fingerprint density at radius 3 is 2.59 bits per heavy atom. The van der Waals surface area contributed by atoms with Crippen LogP contribution < -0.4 is 5.32 Å². The smallest absolute Gasteiger partial charge is 0.0494 e. The Bertz CT molecular complexity index is 198. The minimum absolute atomic E-state index is 0.751. The molecule has 0 bridgehead atoms. The second-order valence-corrected chi connectivity index (χ2v) is 5.53. The van der Waals surface area contributed by atoms with Crippen molar-refractivity contribution in [1.29, 1.82) is 0 Å². The molecule has 1 heterocycles. The second-order valence-electron chi connectivity index (χ2n) is 5.53. The number of likely N-dealkylation sites (tertiary alicyclic amines) is 1. The van der Waals surface area contributed by atoms with Gasteiger partial charge >= 0.3 is 0 Å². The van der Waals surface area contributed by atoms with Crippen molar-refractivity contribution in [3.8, 4) is 0 Å². The predicted molar refractivity (Wildman–Crippen MR) is 71.3 cm³/mol. The van der Waals surface area contributed by atoms with Crippen molar-refractivity contribution in [2.75, 3.05) is 39.4 Å². The summed E-state index contributed by atoms with van der Waals surface area (Å²) in [6.07, 6.45) is 6.59. The molecule has 0 aromatic rings. The third-order valence-corrected chi connectivity index (χ3v) is 3.98. The van der Waals surface area contributed by atoms with Crippen molar-refractivity contribution in [3.05, 3.63) is 0 Å². The molecule has 0 radical (unpaired) electrons. The zero-order chi connectivity index (χ0) is 11.9. The molecule has 0 aromatic heterocycles. The Morgan fingerprint density at radius 2 is 1.94 bits per heavy atom. The van der Waals surface area contributed by atoms with Crippen LogP contribution >= 0.6 is 0 Å². The van der Waals surface area contributed by atoms with Gasteiger partial charge in [0.05, 0.1) is 0 Å². The van der Waals surface area contributed by atoms with Crippen LogP contribution in [0.5, 0.6) is 0 Å². The number of nitrogens with zero attached hydrogens (tertiary/aromatic N) is 1. The first-order valence-corrected chi connectivity index (χ1v) is 7.42. The maximum absolute atomic E-state index is 5.63. The highest BCUT2D eigenvalue weighted by Gasteiger charge is 2.21. The summed E-state index contributed by atoms with van der Waals surface area (Å²) in [7, 11) is 0. The first-order valence-electron chi connectivity index (χ1n) is 7.42. The van der Waals surface area contributed by atoms with Crippen LogP contribution in [0, 0.1) is 5.92 Å². The van der Waals surface area contributed by atoms with Gasteiger partial charge in [-0.1, -0.05) is 6.92 Å². The average Bonchev–Trinajstić information content (AvgIpc) is 3.18. The molecule has 2 rings (SSSR count). The number of piperidine rings is 1. The third kappa shape index (κ3) is 5.36. The van der Waals surface area contributed by atoms with E-state index in [2.05, 4.69) is 17.1 Å². The number of ether oxygens (including phenoxy) is 1. The van der Waals surface area contributed by atoms with Gasteiger partial charge in [-0.25, -0.2) is 0 Å². The zero-order valence-electron chi connectivity index (χ0n) is 11.3. The van der Waals surface area contributed by atoms with E-state index in [1.807, 2.05) is 0 Å². The van der Waals surface area contributed by atoms with E-state index in [-0.39, 0.29) is 0 Å². The monoisotopic (exact) mass is 240 g/mol. The molecular weight excluding hydrogens is 212 g/mol. The van der Waals surface area contributed by atoms with Gasteiger partial charge in [-0.05, 0) is 64.2 Å². The summed E-state index contributed by atoms with van der Waals surface area (Å²) in [6.45, 7) is 9.08. The predicted octanol–water partition coefficient (Wildman–Crippen LogP) is 1.88. The molecule has 0 unspecified atom stereocenters. The van der Waals surface area contributed by atoms with Crippen LogP contribution in [0.1, 0.15) is 39.0 Å². The largest absolute Gasteiger partial charge is 0.381 e. The van der Waals surface area contributed by atoms with Gasteiger partial charge < -0.3 is 15.0 Å². The third-order valence-electron chi connectivity index (χ3n) is 3.98. The average molecular weight is 240 g/mol. The quantitative estimate of drug-likeness (QED) is 0.656. The molecule has 100 valence electrons. The lowest BCUT2D eigenvalue weighted by atomic mass is 10.1. The normalized spacial score (nSPS) is 23.1. The Hall–Kier alpha value is -0.120. The molecule has 2 fully saturated rings. The summed E-state index contributed by atoms with van der Waals surface area (Å²) in [5, 5.41) is 3.66. The summed E-state index contributed by atoms with van der Waals surface area (Å²) < 4.78 is 5.63. The molecule has 0 atom stereocenters. The van der Waals surface area contributed by atoms with E-state index >= 15 is 0 Å². The number of hydrogen-bond donors (Lipinski definition) is 1. The summed E-state index contributed by atoms with van der Waals surface area (Å²) in [5.41, 5.74) is 0. The maximum atomic E-state index is 5.63. The summed E-state index contributed by atoms with van der Waals surface area (Å²) in [5.74, 6) is 0.904. The van der Waals surface area contributed by atoms with E-state index < -0.39 is 0 Å². The fraction of sp³-hybridized carbons (Fsp3) is 1.00. The fourth-order valence-corrected chi connectivity index (χ4v) is 2.47. The highest BCUT2D eigenvalue weighted by molar-refractivity contribution is 4.76. The Balaban J connectivity index is 1.40. The molecule has 0 spiro atoms. The zero-order valence-corrected chi connectivity index (χ0v) is 11.3. The van der Waals surface area contributed by atoms with Gasteiger partial charge in [0.25, 0.3) is 0 Å². The van der Waals surface area contributed by atoms with Gasteiger partial charge in [-0.3, -0.25) is 0 Å². The van der Waals surface area contributed by atoms with E-state index in [4.69, 9.17) is 4.74 Å². The second kappa shape index (κ2) is 7.34. The molecule has 1 saturated carbocycles. The van der Waals surface area contributed by atoms with Crippen molar-refractivity contribution in [1.82, 2.24) is 10.2 Å². The molecular formula is C14H28N2O. The van der Waals surface area contributed by atoms with E-state index in [9.17, 15) is 0 Å². The molecule has 1 aliphatic carbocycles. The van der Waals surface area contributed by atoms with E-state index in [0.717, 1.165) is 31.7 Å². The minimum Gasteiger partial charge on any atom is -0.381 e. The van der Waals surface area contributed by atoms with Crippen LogP contribution in [0.2, 0.25) is 0 Å². The fourth-order valence-electron chi connectivity index (χ4n) is 2.47. The Labute approximate surface area is 106 Å². The molecule has 1 N–H and O–H groups in total. The van der Waals surface area contributed by atoms with Gasteiger partial charge in [0, 0.05) is 19.3 Å². The van der Waals surface area contributed by atoms with E-state index in [0.29, 0.717) is 0 Å². The molecule has 2 aliphatic rings. The van der Waals surface area contributed by atoms with Crippen LogP contribution in [0.4, 0.5) is 0 Å².